The van der Waals surface area contributed by atoms with Crippen LogP contribution in [0.3, 0.4) is 0 Å². The fraction of sp³-hybridized carbons (Fsp3) is 0.364. The summed E-state index contributed by atoms with van der Waals surface area (Å²) in [7, 11) is 0. The molecule has 0 fully saturated rings. The van der Waals surface area contributed by atoms with Gasteiger partial charge in [-0.15, -0.1) is 5.10 Å². The van der Waals surface area contributed by atoms with E-state index in [-0.39, 0.29) is 16.7 Å². The molecule has 0 aliphatic heterocycles. The van der Waals surface area contributed by atoms with Crippen LogP contribution in [0.25, 0.3) is 0 Å². The molecule has 7 nitrogen and oxygen atoms in total. The van der Waals surface area contributed by atoms with Crippen LogP contribution in [0.2, 0.25) is 0 Å². The van der Waals surface area contributed by atoms with E-state index in [0.717, 1.165) is 0 Å². The van der Waals surface area contributed by atoms with Gasteiger partial charge in [-0.2, -0.15) is 0 Å². The fourth-order valence-electron chi connectivity index (χ4n) is 1.56. The summed E-state index contributed by atoms with van der Waals surface area (Å²) in [4.78, 5) is 10.5. The average Bonchev–Trinajstić information content (AvgIpc) is 2.85. The SMILES string of the molecule is CC(C)n1nnnc1SCc1ccccc1[N+](=O)[O-]. The molecule has 0 N–H and O–H groups in total. The van der Waals surface area contributed by atoms with E-state index >= 15 is 0 Å². The van der Waals surface area contributed by atoms with Crippen molar-refractivity contribution in [3.63, 3.8) is 0 Å². The number of thioether (sulfide) groups is 1. The summed E-state index contributed by atoms with van der Waals surface area (Å²) in [5.74, 6) is 0.463. The normalized spacial score (nSPS) is 10.9. The Kier molecular flexibility index (Phi) is 4.10. The molecule has 0 atom stereocenters. The molecule has 19 heavy (non-hydrogen) atoms. The Morgan fingerprint density at radius 1 is 1.42 bits per heavy atom. The zero-order valence-electron chi connectivity index (χ0n) is 10.6. The van der Waals surface area contributed by atoms with Gasteiger partial charge >= 0.3 is 0 Å². The molecule has 8 heteroatoms. The number of tetrazole rings is 1. The zero-order valence-corrected chi connectivity index (χ0v) is 11.4. The second kappa shape index (κ2) is 5.79. The Bertz CT molecular complexity index is 584. The van der Waals surface area contributed by atoms with E-state index in [4.69, 9.17) is 0 Å². The highest BCUT2D eigenvalue weighted by atomic mass is 32.2. The summed E-state index contributed by atoms with van der Waals surface area (Å²) in [6.45, 7) is 3.96. The average molecular weight is 279 g/mol. The predicted molar refractivity (Wildman–Crippen MR) is 70.9 cm³/mol. The lowest BCUT2D eigenvalue weighted by atomic mass is 10.2. The third-order valence-corrected chi connectivity index (χ3v) is 3.48. The van der Waals surface area contributed by atoms with E-state index in [2.05, 4.69) is 15.5 Å². The Labute approximate surface area is 114 Å². The van der Waals surface area contributed by atoms with E-state index < -0.39 is 0 Å². The van der Waals surface area contributed by atoms with Gasteiger partial charge in [0.05, 0.1) is 11.0 Å². The molecule has 0 aliphatic carbocycles. The summed E-state index contributed by atoms with van der Waals surface area (Å²) in [6.07, 6.45) is 0. The fourth-order valence-corrected chi connectivity index (χ4v) is 2.56. The van der Waals surface area contributed by atoms with Crippen molar-refractivity contribution in [3.8, 4) is 0 Å². The standard InChI is InChI=1S/C11H13N5O2S/c1-8(2)15-11(12-13-14-15)19-7-9-5-3-4-6-10(9)16(17)18/h3-6,8H,7H2,1-2H3. The molecular weight excluding hydrogens is 266 g/mol. The molecule has 2 aromatic rings. The van der Waals surface area contributed by atoms with Crippen molar-refractivity contribution in [3.05, 3.63) is 39.9 Å². The van der Waals surface area contributed by atoms with Gasteiger partial charge in [0.25, 0.3) is 5.69 Å². The van der Waals surface area contributed by atoms with Crippen LogP contribution in [0.15, 0.2) is 29.4 Å². The molecule has 0 saturated carbocycles. The van der Waals surface area contributed by atoms with Gasteiger partial charge in [0.1, 0.15) is 0 Å². The molecule has 0 saturated heterocycles. The zero-order chi connectivity index (χ0) is 13.8. The van der Waals surface area contributed by atoms with Gasteiger partial charge in [-0.1, -0.05) is 30.0 Å². The van der Waals surface area contributed by atoms with Gasteiger partial charge in [0.2, 0.25) is 5.16 Å². The number of hydrogen-bond acceptors (Lipinski definition) is 6. The summed E-state index contributed by atoms with van der Waals surface area (Å²) >= 11 is 1.39. The lowest BCUT2D eigenvalue weighted by Crippen LogP contribution is -2.05. The predicted octanol–water partition coefficient (Wildman–Crippen LogP) is 2.45. The highest BCUT2D eigenvalue weighted by Gasteiger charge is 2.15. The quantitative estimate of drug-likeness (QED) is 0.474. The lowest BCUT2D eigenvalue weighted by molar-refractivity contribution is -0.385. The second-order valence-electron chi connectivity index (χ2n) is 4.17. The van der Waals surface area contributed by atoms with Crippen LogP contribution in [-0.2, 0) is 5.75 Å². The maximum atomic E-state index is 10.9. The van der Waals surface area contributed by atoms with Gasteiger partial charge in [-0.05, 0) is 24.3 Å². The Hall–Kier alpha value is -1.96. The third kappa shape index (κ3) is 3.08. The lowest BCUT2D eigenvalue weighted by Gasteiger charge is -2.07. The Morgan fingerprint density at radius 2 is 2.16 bits per heavy atom. The largest absolute Gasteiger partial charge is 0.273 e. The molecule has 1 aromatic heterocycles. The summed E-state index contributed by atoms with van der Waals surface area (Å²) in [5.41, 5.74) is 0.786. The number of nitrogens with zero attached hydrogens (tertiary/aromatic N) is 5. The number of para-hydroxylation sites is 1. The molecule has 0 spiro atoms. The molecule has 100 valence electrons. The maximum Gasteiger partial charge on any atom is 0.273 e. The summed E-state index contributed by atoms with van der Waals surface area (Å²) < 4.78 is 1.69. The van der Waals surface area contributed by atoms with Crippen LogP contribution in [0, 0.1) is 10.1 Å². The first-order valence-electron chi connectivity index (χ1n) is 5.72. The summed E-state index contributed by atoms with van der Waals surface area (Å²) in [6, 6.07) is 6.85. The highest BCUT2D eigenvalue weighted by Crippen LogP contribution is 2.27. The first kappa shape index (κ1) is 13.5. The number of aromatic nitrogens is 4. The number of rotatable bonds is 5. The van der Waals surface area contributed by atoms with Crippen LogP contribution >= 0.6 is 11.8 Å². The number of benzene rings is 1. The topological polar surface area (TPSA) is 86.7 Å². The van der Waals surface area contributed by atoms with Gasteiger partial charge in [0.15, 0.2) is 0 Å². The van der Waals surface area contributed by atoms with E-state index in [0.29, 0.717) is 16.5 Å². The number of nitro groups is 1. The monoisotopic (exact) mass is 279 g/mol. The smallest absolute Gasteiger partial charge is 0.258 e. The first-order valence-corrected chi connectivity index (χ1v) is 6.71. The van der Waals surface area contributed by atoms with Crippen molar-refractivity contribution in [2.75, 3.05) is 0 Å². The third-order valence-electron chi connectivity index (χ3n) is 2.50. The van der Waals surface area contributed by atoms with Crippen molar-refractivity contribution in [1.82, 2.24) is 20.2 Å². The minimum atomic E-state index is -0.374. The number of hydrogen-bond donors (Lipinski definition) is 0. The van der Waals surface area contributed by atoms with Crippen LogP contribution in [0.1, 0.15) is 25.5 Å². The molecule has 1 heterocycles. The van der Waals surface area contributed by atoms with E-state index in [1.165, 1.54) is 17.8 Å². The van der Waals surface area contributed by atoms with Gasteiger partial charge < -0.3 is 0 Å². The molecule has 2 rings (SSSR count). The minimum absolute atomic E-state index is 0.124. The molecule has 0 amide bonds. The number of nitro benzene ring substituents is 1. The van der Waals surface area contributed by atoms with E-state index in [1.54, 1.807) is 22.9 Å². The minimum Gasteiger partial charge on any atom is -0.258 e. The molecular formula is C11H13N5O2S. The summed E-state index contributed by atoms with van der Waals surface area (Å²) in [5, 5.41) is 23.0. The first-order chi connectivity index (χ1) is 9.09. The molecule has 0 aliphatic rings. The molecule has 0 unspecified atom stereocenters. The molecule has 0 bridgehead atoms. The van der Waals surface area contributed by atoms with Crippen molar-refractivity contribution in [1.29, 1.82) is 0 Å². The van der Waals surface area contributed by atoms with Crippen LogP contribution in [0.4, 0.5) is 5.69 Å². The van der Waals surface area contributed by atoms with E-state index in [1.807, 2.05) is 13.8 Å². The van der Waals surface area contributed by atoms with Crippen molar-refractivity contribution in [2.24, 2.45) is 0 Å². The van der Waals surface area contributed by atoms with Crippen LogP contribution < -0.4 is 0 Å². The van der Waals surface area contributed by atoms with Crippen molar-refractivity contribution < 1.29 is 4.92 Å². The van der Waals surface area contributed by atoms with Gasteiger partial charge in [0, 0.05) is 17.4 Å². The Balaban J connectivity index is 2.15. The maximum absolute atomic E-state index is 10.9. The van der Waals surface area contributed by atoms with E-state index in [9.17, 15) is 10.1 Å². The second-order valence-corrected chi connectivity index (χ2v) is 5.12. The highest BCUT2D eigenvalue weighted by molar-refractivity contribution is 7.98. The van der Waals surface area contributed by atoms with Crippen molar-refractivity contribution in [2.45, 2.75) is 30.8 Å². The van der Waals surface area contributed by atoms with Crippen molar-refractivity contribution >= 4 is 17.4 Å². The Morgan fingerprint density at radius 3 is 2.84 bits per heavy atom. The molecule has 1 aromatic carbocycles. The van der Waals surface area contributed by atoms with Gasteiger partial charge in [-0.3, -0.25) is 10.1 Å². The van der Waals surface area contributed by atoms with Gasteiger partial charge in [-0.25, -0.2) is 4.68 Å². The molecule has 0 radical (unpaired) electrons. The van der Waals surface area contributed by atoms with Crippen LogP contribution in [-0.4, -0.2) is 25.1 Å². The van der Waals surface area contributed by atoms with Crippen LogP contribution in [0.5, 0.6) is 0 Å².